The molecule has 0 spiro atoms. The molecule has 4 fully saturated rings. The smallest absolute Gasteiger partial charge is 0.420 e. The van der Waals surface area contributed by atoms with Crippen LogP contribution in [0.25, 0.3) is 0 Å². The molecule has 1 amide bonds. The largest absolute Gasteiger partial charge is 0.449 e. The summed E-state index contributed by atoms with van der Waals surface area (Å²) < 4.78 is 31.3. The van der Waals surface area contributed by atoms with Gasteiger partial charge >= 0.3 is 6.09 Å². The van der Waals surface area contributed by atoms with Crippen LogP contribution in [0.2, 0.25) is 0 Å². The average Bonchev–Trinajstić information content (AvgIpc) is 3.21. The Morgan fingerprint density at radius 1 is 1.03 bits per heavy atom. The van der Waals surface area contributed by atoms with Gasteiger partial charge in [0.25, 0.3) is 0 Å². The van der Waals surface area contributed by atoms with Gasteiger partial charge in [-0.2, -0.15) is 0 Å². The summed E-state index contributed by atoms with van der Waals surface area (Å²) >= 11 is 0. The highest BCUT2D eigenvalue weighted by Gasteiger charge is 2.64. The van der Waals surface area contributed by atoms with Crippen molar-refractivity contribution in [3.05, 3.63) is 0 Å². The van der Waals surface area contributed by atoms with Crippen LogP contribution >= 0.6 is 0 Å². The number of unbranched alkanes of at least 4 members (excludes halogenated alkanes) is 1. The number of carbonyl (C=O) groups is 1. The number of carbonyl (C=O) groups excluding carboxylic acids is 1. The Balaban J connectivity index is 1.40. The zero-order valence-electron chi connectivity index (χ0n) is 24.3. The molecule has 0 aromatic heterocycles. The first kappa shape index (κ1) is 30.1. The first-order valence-corrected chi connectivity index (χ1v) is 17.1. The Morgan fingerprint density at radius 3 is 2.39 bits per heavy atom. The highest BCUT2D eigenvalue weighted by molar-refractivity contribution is 7.90. The topological polar surface area (TPSA) is 113 Å². The van der Waals surface area contributed by atoms with Gasteiger partial charge < -0.3 is 14.9 Å². The molecule has 0 unspecified atom stereocenters. The van der Waals surface area contributed by atoms with E-state index in [9.17, 15) is 23.4 Å². The highest BCUT2D eigenvalue weighted by Crippen LogP contribution is 2.69. The van der Waals surface area contributed by atoms with Crippen LogP contribution in [0.1, 0.15) is 105 Å². The minimum absolute atomic E-state index is 0.0654. The number of fused-ring (bicyclic) bond motifs is 5. The van der Waals surface area contributed by atoms with E-state index in [2.05, 4.69) is 27.7 Å². The van der Waals surface area contributed by atoms with Crippen molar-refractivity contribution in [2.75, 3.05) is 12.4 Å². The molecule has 3 N–H and O–H groups in total. The summed E-state index contributed by atoms with van der Waals surface area (Å²) in [5.41, 5.74) is 0.358. The molecule has 4 aliphatic rings. The lowest BCUT2D eigenvalue weighted by molar-refractivity contribution is -0.203. The molecule has 0 aliphatic heterocycles. The van der Waals surface area contributed by atoms with Crippen LogP contribution in [0.5, 0.6) is 0 Å². The van der Waals surface area contributed by atoms with Gasteiger partial charge in [-0.05, 0) is 110 Å². The van der Waals surface area contributed by atoms with Crippen molar-refractivity contribution in [3.8, 4) is 0 Å². The zero-order valence-corrected chi connectivity index (χ0v) is 25.1. The number of hydrogen-bond acceptors (Lipinski definition) is 6. The van der Waals surface area contributed by atoms with Crippen LogP contribution in [0, 0.1) is 52.3 Å². The predicted octanol–water partition coefficient (Wildman–Crippen LogP) is 5.50. The number of rotatable bonds is 9. The van der Waals surface area contributed by atoms with Gasteiger partial charge in [0.2, 0.25) is 10.0 Å². The van der Waals surface area contributed by atoms with Crippen molar-refractivity contribution in [1.82, 2.24) is 4.72 Å². The molecule has 0 aromatic carbocycles. The Bertz CT molecular complexity index is 941. The summed E-state index contributed by atoms with van der Waals surface area (Å²) in [7, 11) is -3.64. The molecule has 38 heavy (non-hydrogen) atoms. The quantitative estimate of drug-likeness (QED) is 0.346. The molecule has 0 saturated heterocycles. The molecule has 4 rings (SSSR count). The fourth-order valence-corrected chi connectivity index (χ4v) is 11.1. The van der Waals surface area contributed by atoms with Crippen molar-refractivity contribution in [3.63, 3.8) is 0 Å². The highest BCUT2D eigenvalue weighted by atomic mass is 32.2. The van der Waals surface area contributed by atoms with Gasteiger partial charge in [-0.1, -0.05) is 47.5 Å². The number of nitrogens with one attached hydrogen (secondary N) is 1. The predicted molar refractivity (Wildman–Crippen MR) is 149 cm³/mol. The molecule has 0 bridgehead atoms. The van der Waals surface area contributed by atoms with E-state index in [0.29, 0.717) is 48.3 Å². The number of aliphatic hydroxyl groups is 2. The summed E-state index contributed by atoms with van der Waals surface area (Å²) in [6.07, 6.45) is 8.91. The number of sulfonamides is 1. The first-order valence-electron chi connectivity index (χ1n) is 15.4. The lowest BCUT2D eigenvalue weighted by Crippen LogP contribution is -2.62. The van der Waals surface area contributed by atoms with Gasteiger partial charge in [-0.15, -0.1) is 0 Å². The molecule has 4 aliphatic carbocycles. The van der Waals surface area contributed by atoms with Gasteiger partial charge in [0.15, 0.2) is 0 Å². The fourth-order valence-electron chi connectivity index (χ4n) is 10.0. The maximum atomic E-state index is 12.1. The van der Waals surface area contributed by atoms with E-state index in [1.807, 2.05) is 11.6 Å². The average molecular weight is 556 g/mol. The van der Waals surface area contributed by atoms with Gasteiger partial charge in [0, 0.05) is 0 Å². The van der Waals surface area contributed by atoms with Crippen LogP contribution in [0.4, 0.5) is 4.79 Å². The molecular formula is C30H53NO6S. The van der Waals surface area contributed by atoms with E-state index in [-0.39, 0.29) is 41.3 Å². The zero-order chi connectivity index (χ0) is 27.9. The van der Waals surface area contributed by atoms with Crippen molar-refractivity contribution in [1.29, 1.82) is 0 Å². The van der Waals surface area contributed by atoms with Crippen LogP contribution in [-0.4, -0.2) is 49.3 Å². The minimum Gasteiger partial charge on any atom is -0.449 e. The third-order valence-electron chi connectivity index (χ3n) is 12.0. The van der Waals surface area contributed by atoms with Gasteiger partial charge in [0.1, 0.15) is 0 Å². The van der Waals surface area contributed by atoms with Crippen LogP contribution < -0.4 is 4.72 Å². The molecule has 11 atom stereocenters. The number of aliphatic hydroxyl groups excluding tert-OH is 2. The standard InChI is InChI=1S/C30H53NO6S/c1-6-8-17-38(35,36)31-28(34)37-16-13-19(3)22-9-10-23-26-24(12-15-29(22,23)4)30(5)14-11-20(32)18-25(30)21(7-2)27(26)33/h19-27,32-33H,6-18H2,1-5H3,(H,31,34)/t19-,20-,21-,22-,23+,24+,25+,26+,27-,29-,30-/m1/s1. The van der Waals surface area contributed by atoms with Crippen LogP contribution in [0.3, 0.4) is 0 Å². The maximum Gasteiger partial charge on any atom is 0.420 e. The monoisotopic (exact) mass is 555 g/mol. The molecule has 4 saturated carbocycles. The SMILES string of the molecule is CCCCS(=O)(=O)NC(=O)OCC[C@@H](C)[C@H]1CC[C@H]2[C@@H]3[C@H](O)[C@H](CC)[C@@H]4C[C@H](O)CC[C@]4(C)[C@H]3CC[C@]12C. The summed E-state index contributed by atoms with van der Waals surface area (Å²) in [5, 5.41) is 22.3. The molecular weight excluding hydrogens is 502 g/mol. The van der Waals surface area contributed by atoms with Crippen molar-refractivity contribution >= 4 is 16.1 Å². The second-order valence-electron chi connectivity index (χ2n) is 13.8. The Morgan fingerprint density at radius 2 is 1.71 bits per heavy atom. The van der Waals surface area contributed by atoms with Crippen molar-refractivity contribution < 1.29 is 28.2 Å². The molecule has 7 nitrogen and oxygen atoms in total. The van der Waals surface area contributed by atoms with Crippen LogP contribution in [-0.2, 0) is 14.8 Å². The van der Waals surface area contributed by atoms with Crippen LogP contribution in [0.15, 0.2) is 0 Å². The minimum atomic E-state index is -3.64. The van der Waals surface area contributed by atoms with E-state index in [4.69, 9.17) is 4.74 Å². The first-order chi connectivity index (χ1) is 17.9. The summed E-state index contributed by atoms with van der Waals surface area (Å²) in [4.78, 5) is 12.1. The van der Waals surface area contributed by atoms with E-state index < -0.39 is 16.1 Å². The van der Waals surface area contributed by atoms with E-state index >= 15 is 0 Å². The molecule has 0 heterocycles. The third-order valence-corrected chi connectivity index (χ3v) is 13.3. The lowest BCUT2D eigenvalue weighted by atomic mass is 9.41. The maximum absolute atomic E-state index is 12.1. The second-order valence-corrected chi connectivity index (χ2v) is 15.6. The van der Waals surface area contributed by atoms with E-state index in [0.717, 1.165) is 51.4 Å². The molecule has 220 valence electrons. The number of hydrogen-bond donors (Lipinski definition) is 3. The Kier molecular flexibility index (Phi) is 9.16. The molecule has 8 heteroatoms. The Labute approximate surface area is 230 Å². The number of amides is 1. The van der Waals surface area contributed by atoms with Gasteiger partial charge in [-0.25, -0.2) is 17.9 Å². The summed E-state index contributed by atoms with van der Waals surface area (Å²) in [6, 6.07) is 0. The van der Waals surface area contributed by atoms with Gasteiger partial charge in [0.05, 0.1) is 24.6 Å². The molecule has 0 radical (unpaired) electrons. The summed E-state index contributed by atoms with van der Waals surface area (Å²) in [5.74, 6) is 2.79. The second kappa shape index (κ2) is 11.6. The normalized spacial score (nSPS) is 43.4. The van der Waals surface area contributed by atoms with Crippen molar-refractivity contribution in [2.24, 2.45) is 52.3 Å². The number of ether oxygens (including phenoxy) is 1. The van der Waals surface area contributed by atoms with Crippen molar-refractivity contribution in [2.45, 2.75) is 117 Å². The van der Waals surface area contributed by atoms with E-state index in [1.54, 1.807) is 0 Å². The van der Waals surface area contributed by atoms with Gasteiger partial charge in [-0.3, -0.25) is 0 Å². The summed E-state index contributed by atoms with van der Waals surface area (Å²) in [6.45, 7) is 11.5. The Hall–Kier alpha value is -0.860. The van der Waals surface area contributed by atoms with E-state index in [1.165, 1.54) is 6.42 Å². The fraction of sp³-hybridized carbons (Fsp3) is 0.967. The lowest BCUT2D eigenvalue weighted by Gasteiger charge is -2.64. The molecule has 0 aromatic rings. The third kappa shape index (κ3) is 5.52.